The van der Waals surface area contributed by atoms with E-state index < -0.39 is 5.91 Å². The normalized spacial score (nSPS) is 12.8. The average molecular weight is 405 g/mol. The lowest BCUT2D eigenvalue weighted by atomic mass is 9.97. The maximum Gasteiger partial charge on any atom is 0.251 e. The summed E-state index contributed by atoms with van der Waals surface area (Å²) in [4.78, 5) is 12.5. The number of hydrogen-bond donors (Lipinski definition) is 1. The van der Waals surface area contributed by atoms with Crippen LogP contribution >= 0.6 is 0 Å². The van der Waals surface area contributed by atoms with E-state index in [1.54, 1.807) is 0 Å². The minimum absolute atomic E-state index is 0.405. The number of carbonyl (C=O) groups is 1. The van der Waals surface area contributed by atoms with Gasteiger partial charge in [0.15, 0.2) is 11.5 Å². The Morgan fingerprint density at radius 2 is 1.83 bits per heavy atom. The number of fused-ring (bicyclic) bond motifs is 1. The van der Waals surface area contributed by atoms with Gasteiger partial charge in [-0.25, -0.2) is 0 Å². The molecule has 2 heterocycles. The highest BCUT2D eigenvalue weighted by molar-refractivity contribution is 6.02. The maximum atomic E-state index is 12.5. The Hall–Kier alpha value is -3.21. The Morgan fingerprint density at radius 1 is 1.07 bits per heavy atom. The minimum atomic E-state index is -0.405. The molecule has 0 atom stereocenters. The second kappa shape index (κ2) is 8.27. The second-order valence-corrected chi connectivity index (χ2v) is 7.83. The van der Waals surface area contributed by atoms with Crippen LogP contribution in [0, 0.1) is 13.8 Å². The van der Waals surface area contributed by atoms with Gasteiger partial charge in [-0.05, 0) is 43.5 Å². The Balaban J connectivity index is 1.89. The molecule has 4 rings (SSSR count). The monoisotopic (exact) mass is 404 g/mol. The third kappa shape index (κ3) is 3.67. The smallest absolute Gasteiger partial charge is 0.251 e. The Labute approximate surface area is 177 Å². The molecule has 0 saturated carbocycles. The highest BCUT2D eigenvalue weighted by Crippen LogP contribution is 2.39. The van der Waals surface area contributed by atoms with Crippen molar-refractivity contribution >= 4 is 5.91 Å². The summed E-state index contributed by atoms with van der Waals surface area (Å²) in [6.07, 6.45) is 1.82. The van der Waals surface area contributed by atoms with Gasteiger partial charge in [0.1, 0.15) is 13.2 Å². The summed E-state index contributed by atoms with van der Waals surface area (Å²) >= 11 is 0. The van der Waals surface area contributed by atoms with Crippen LogP contribution in [0.1, 0.15) is 46.2 Å². The van der Waals surface area contributed by atoms with Gasteiger partial charge >= 0.3 is 0 Å². The van der Waals surface area contributed by atoms with Crippen LogP contribution in [-0.4, -0.2) is 23.7 Å². The lowest BCUT2D eigenvalue weighted by Crippen LogP contribution is -2.15. The van der Waals surface area contributed by atoms with Crippen LogP contribution in [0.4, 0.5) is 0 Å². The molecule has 5 heteroatoms. The molecule has 0 bridgehead atoms. The maximum absolute atomic E-state index is 12.5. The van der Waals surface area contributed by atoms with Crippen molar-refractivity contribution in [2.24, 2.45) is 5.73 Å². The van der Waals surface area contributed by atoms with E-state index in [1.807, 2.05) is 25.1 Å². The summed E-state index contributed by atoms with van der Waals surface area (Å²) in [7, 11) is 0. The van der Waals surface area contributed by atoms with Crippen molar-refractivity contribution in [1.29, 1.82) is 0 Å². The molecule has 0 spiro atoms. The summed E-state index contributed by atoms with van der Waals surface area (Å²) in [5, 5.41) is 0. The number of aromatic nitrogens is 1. The van der Waals surface area contributed by atoms with Crippen molar-refractivity contribution in [3.05, 3.63) is 70.5 Å². The minimum Gasteiger partial charge on any atom is -0.486 e. The third-order valence-electron chi connectivity index (χ3n) is 5.62. The molecule has 5 nitrogen and oxygen atoms in total. The molecule has 0 radical (unpaired) electrons. The highest BCUT2D eigenvalue weighted by Gasteiger charge is 2.25. The summed E-state index contributed by atoms with van der Waals surface area (Å²) < 4.78 is 13.7. The fraction of sp³-hybridized carbons (Fsp3) is 0.320. The number of hydrogen-bond acceptors (Lipinski definition) is 3. The molecule has 156 valence electrons. The van der Waals surface area contributed by atoms with E-state index in [9.17, 15) is 4.79 Å². The van der Waals surface area contributed by atoms with Gasteiger partial charge in [-0.15, -0.1) is 0 Å². The summed E-state index contributed by atoms with van der Waals surface area (Å²) in [5.41, 5.74) is 12.8. The molecule has 2 N–H and O–H groups in total. The van der Waals surface area contributed by atoms with Gasteiger partial charge in [0.05, 0.1) is 5.56 Å². The molecule has 0 unspecified atom stereocenters. The number of amides is 1. The molecule has 0 saturated heterocycles. The van der Waals surface area contributed by atoms with Crippen molar-refractivity contribution in [1.82, 2.24) is 4.57 Å². The van der Waals surface area contributed by atoms with E-state index in [-0.39, 0.29) is 0 Å². The van der Waals surface area contributed by atoms with Crippen LogP contribution in [0.25, 0.3) is 11.1 Å². The zero-order valence-electron chi connectivity index (χ0n) is 17.8. The zero-order chi connectivity index (χ0) is 21.3. The fourth-order valence-corrected chi connectivity index (χ4v) is 4.31. The summed E-state index contributed by atoms with van der Waals surface area (Å²) in [5.74, 6) is 1.04. The van der Waals surface area contributed by atoms with Gasteiger partial charge in [0.2, 0.25) is 0 Å². The van der Waals surface area contributed by atoms with E-state index in [0.29, 0.717) is 31.1 Å². The quantitative estimate of drug-likeness (QED) is 0.651. The lowest BCUT2D eigenvalue weighted by Gasteiger charge is -2.19. The molecule has 1 aliphatic heterocycles. The number of ether oxygens (including phenoxy) is 2. The van der Waals surface area contributed by atoms with E-state index in [1.165, 1.54) is 11.1 Å². The molecule has 30 heavy (non-hydrogen) atoms. The number of aryl methyl sites for hydroxylation is 1. The molecular formula is C25H28N2O3. The van der Waals surface area contributed by atoms with E-state index in [4.69, 9.17) is 15.2 Å². The topological polar surface area (TPSA) is 66.5 Å². The van der Waals surface area contributed by atoms with Crippen molar-refractivity contribution < 1.29 is 14.3 Å². The largest absolute Gasteiger partial charge is 0.486 e. The van der Waals surface area contributed by atoms with Gasteiger partial charge in [-0.1, -0.05) is 49.2 Å². The number of carbonyl (C=O) groups excluding carboxylic acids is 1. The molecule has 1 amide bonds. The van der Waals surface area contributed by atoms with Crippen LogP contribution in [0.2, 0.25) is 0 Å². The fourth-order valence-electron chi connectivity index (χ4n) is 4.31. The Kier molecular flexibility index (Phi) is 5.53. The summed E-state index contributed by atoms with van der Waals surface area (Å²) in [6, 6.07) is 14.3. The van der Waals surface area contributed by atoms with Crippen molar-refractivity contribution in [2.45, 2.75) is 40.2 Å². The number of primary amides is 1. The van der Waals surface area contributed by atoms with Crippen LogP contribution in [0.5, 0.6) is 11.5 Å². The van der Waals surface area contributed by atoms with Gasteiger partial charge in [-0.2, -0.15) is 0 Å². The molecule has 1 aliphatic rings. The molecule has 3 aromatic rings. The van der Waals surface area contributed by atoms with Gasteiger partial charge < -0.3 is 19.8 Å². The van der Waals surface area contributed by atoms with Crippen LogP contribution in [-0.2, 0) is 13.0 Å². The van der Waals surface area contributed by atoms with E-state index in [2.05, 4.69) is 42.7 Å². The zero-order valence-corrected chi connectivity index (χ0v) is 17.8. The van der Waals surface area contributed by atoms with E-state index in [0.717, 1.165) is 41.1 Å². The molecule has 1 aromatic heterocycles. The van der Waals surface area contributed by atoms with Crippen LogP contribution in [0.15, 0.2) is 42.5 Å². The van der Waals surface area contributed by atoms with Crippen molar-refractivity contribution in [2.75, 3.05) is 13.2 Å². The first-order valence-electron chi connectivity index (χ1n) is 10.5. The van der Waals surface area contributed by atoms with Gasteiger partial charge in [0, 0.05) is 23.5 Å². The number of nitrogens with zero attached hydrogens (tertiary/aromatic N) is 1. The Bertz CT molecular complexity index is 1100. The van der Waals surface area contributed by atoms with Gasteiger partial charge in [0.25, 0.3) is 5.91 Å². The first kappa shape index (κ1) is 20.1. The number of benzene rings is 2. The molecule has 0 aliphatic carbocycles. The standard InChI is InChI=1S/C25H28N2O3/c1-4-6-20-24(19-9-10-21-22(14-19)30-12-11-29-21)23(25(26)28)17(3)27(20)15-18-8-5-7-16(2)13-18/h5,7-10,13-14H,4,6,11-12,15H2,1-3H3,(H2,26,28). The second-order valence-electron chi connectivity index (χ2n) is 7.83. The average Bonchev–Trinajstić information content (AvgIpc) is 3.00. The molecule has 2 aromatic carbocycles. The molecular weight excluding hydrogens is 376 g/mol. The lowest BCUT2D eigenvalue weighted by molar-refractivity contribution is 0.1000. The molecule has 0 fully saturated rings. The first-order valence-corrected chi connectivity index (χ1v) is 10.5. The van der Waals surface area contributed by atoms with Gasteiger partial charge in [-0.3, -0.25) is 4.79 Å². The predicted octanol–water partition coefficient (Wildman–Crippen LogP) is 4.64. The van der Waals surface area contributed by atoms with Crippen LogP contribution < -0.4 is 15.2 Å². The third-order valence-corrected chi connectivity index (χ3v) is 5.62. The Morgan fingerprint density at radius 3 is 2.53 bits per heavy atom. The first-order chi connectivity index (χ1) is 14.5. The SMILES string of the molecule is CCCc1c(-c2ccc3c(c2)OCCO3)c(C(N)=O)c(C)n1Cc1cccc(C)c1. The predicted molar refractivity (Wildman–Crippen MR) is 118 cm³/mol. The van der Waals surface area contributed by atoms with Crippen molar-refractivity contribution in [3.63, 3.8) is 0 Å². The van der Waals surface area contributed by atoms with E-state index >= 15 is 0 Å². The van der Waals surface area contributed by atoms with Crippen molar-refractivity contribution in [3.8, 4) is 22.6 Å². The number of nitrogens with two attached hydrogens (primary N) is 1. The highest BCUT2D eigenvalue weighted by atomic mass is 16.6. The number of rotatable bonds is 6. The van der Waals surface area contributed by atoms with Crippen LogP contribution in [0.3, 0.4) is 0 Å². The summed E-state index contributed by atoms with van der Waals surface area (Å²) in [6.45, 7) is 8.00.